The molecule has 1 unspecified atom stereocenters. The molecule has 114 valence electrons. The number of hydrogen-bond acceptors (Lipinski definition) is 2. The third kappa shape index (κ3) is 3.46. The van der Waals surface area contributed by atoms with Crippen LogP contribution >= 0.6 is 0 Å². The van der Waals surface area contributed by atoms with Gasteiger partial charge in [-0.25, -0.2) is 0 Å². The average Bonchev–Trinajstić information content (AvgIpc) is 2.55. The van der Waals surface area contributed by atoms with Crippen LogP contribution in [-0.4, -0.2) is 18.0 Å². The first-order valence-corrected chi connectivity index (χ1v) is 8.34. The molecule has 0 radical (unpaired) electrons. The first-order chi connectivity index (χ1) is 10.2. The van der Waals surface area contributed by atoms with E-state index in [4.69, 9.17) is 0 Å². The van der Waals surface area contributed by atoms with Crippen molar-refractivity contribution in [2.75, 3.05) is 0 Å². The van der Waals surface area contributed by atoms with Crippen molar-refractivity contribution < 1.29 is 4.79 Å². The Morgan fingerprint density at radius 2 is 1.90 bits per heavy atom. The van der Waals surface area contributed by atoms with Gasteiger partial charge in [0.1, 0.15) is 0 Å². The molecule has 1 saturated carbocycles. The van der Waals surface area contributed by atoms with Crippen molar-refractivity contribution >= 4 is 5.91 Å². The minimum Gasteiger partial charge on any atom is -0.352 e. The van der Waals surface area contributed by atoms with E-state index in [1.807, 2.05) is 0 Å². The van der Waals surface area contributed by atoms with Crippen LogP contribution in [-0.2, 0) is 17.8 Å². The lowest BCUT2D eigenvalue weighted by molar-refractivity contribution is -0.124. The van der Waals surface area contributed by atoms with Crippen molar-refractivity contribution in [2.24, 2.45) is 5.92 Å². The standard InChI is InChI=1S/C18H26N2O/c1-13(14-7-3-2-4-8-14)20-18(21)17-11-15-9-5-6-10-16(15)12-19-17/h5-6,9-10,13-14,17,19H,2-4,7-8,11-12H2,1H3,(H,20,21)/t13-,17?/m1/s1. The Kier molecular flexibility index (Phi) is 4.59. The fourth-order valence-electron chi connectivity index (χ4n) is 3.72. The van der Waals surface area contributed by atoms with Gasteiger partial charge >= 0.3 is 0 Å². The minimum atomic E-state index is -0.0778. The summed E-state index contributed by atoms with van der Waals surface area (Å²) in [5, 5.41) is 6.62. The van der Waals surface area contributed by atoms with E-state index in [1.54, 1.807) is 0 Å². The molecule has 1 aromatic carbocycles. The maximum Gasteiger partial charge on any atom is 0.237 e. The maximum absolute atomic E-state index is 12.5. The highest BCUT2D eigenvalue weighted by atomic mass is 16.2. The van der Waals surface area contributed by atoms with Gasteiger partial charge in [-0.15, -0.1) is 0 Å². The molecule has 1 fully saturated rings. The van der Waals surface area contributed by atoms with E-state index in [0.717, 1.165) is 13.0 Å². The normalized spacial score (nSPS) is 24.1. The molecule has 1 aliphatic carbocycles. The summed E-state index contributed by atoms with van der Waals surface area (Å²) in [7, 11) is 0. The van der Waals surface area contributed by atoms with Crippen molar-refractivity contribution in [3.63, 3.8) is 0 Å². The van der Waals surface area contributed by atoms with Gasteiger partial charge in [-0.3, -0.25) is 4.79 Å². The number of rotatable bonds is 3. The van der Waals surface area contributed by atoms with Crippen LogP contribution in [0.2, 0.25) is 0 Å². The summed E-state index contributed by atoms with van der Waals surface area (Å²) >= 11 is 0. The number of fused-ring (bicyclic) bond motifs is 1. The maximum atomic E-state index is 12.5. The summed E-state index contributed by atoms with van der Waals surface area (Å²) in [4.78, 5) is 12.5. The Morgan fingerprint density at radius 3 is 2.67 bits per heavy atom. The fourth-order valence-corrected chi connectivity index (χ4v) is 3.72. The predicted octanol–water partition coefficient (Wildman–Crippen LogP) is 2.79. The van der Waals surface area contributed by atoms with Crippen LogP contribution in [0.15, 0.2) is 24.3 Å². The summed E-state index contributed by atoms with van der Waals surface area (Å²) in [6.45, 7) is 2.97. The smallest absolute Gasteiger partial charge is 0.237 e. The van der Waals surface area contributed by atoms with Crippen molar-refractivity contribution in [3.8, 4) is 0 Å². The van der Waals surface area contributed by atoms with Gasteiger partial charge in [0, 0.05) is 12.6 Å². The van der Waals surface area contributed by atoms with E-state index in [1.165, 1.54) is 43.2 Å². The fraction of sp³-hybridized carbons (Fsp3) is 0.611. The summed E-state index contributed by atoms with van der Waals surface area (Å²) in [6.07, 6.45) is 7.34. The average molecular weight is 286 g/mol. The molecule has 3 rings (SSSR count). The van der Waals surface area contributed by atoms with E-state index >= 15 is 0 Å². The summed E-state index contributed by atoms with van der Waals surface area (Å²) in [5.74, 6) is 0.834. The molecule has 1 aliphatic heterocycles. The van der Waals surface area contributed by atoms with E-state index in [2.05, 4.69) is 41.8 Å². The summed E-state index contributed by atoms with van der Waals surface area (Å²) in [6, 6.07) is 8.63. The molecule has 21 heavy (non-hydrogen) atoms. The number of benzene rings is 1. The van der Waals surface area contributed by atoms with Crippen molar-refractivity contribution in [1.82, 2.24) is 10.6 Å². The van der Waals surface area contributed by atoms with Gasteiger partial charge in [-0.1, -0.05) is 43.5 Å². The molecule has 2 aliphatic rings. The van der Waals surface area contributed by atoms with E-state index in [9.17, 15) is 4.79 Å². The molecule has 3 heteroatoms. The molecule has 1 heterocycles. The second kappa shape index (κ2) is 6.61. The van der Waals surface area contributed by atoms with Gasteiger partial charge in [-0.2, -0.15) is 0 Å². The number of hydrogen-bond donors (Lipinski definition) is 2. The summed E-state index contributed by atoms with van der Waals surface area (Å²) in [5.41, 5.74) is 2.63. The molecular formula is C18H26N2O. The molecule has 2 atom stereocenters. The molecular weight excluding hydrogens is 260 g/mol. The second-order valence-electron chi connectivity index (χ2n) is 6.60. The van der Waals surface area contributed by atoms with Crippen LogP contribution in [0.5, 0.6) is 0 Å². The van der Waals surface area contributed by atoms with E-state index < -0.39 is 0 Å². The van der Waals surface area contributed by atoms with Crippen molar-refractivity contribution in [3.05, 3.63) is 35.4 Å². The van der Waals surface area contributed by atoms with Gasteiger partial charge in [0.15, 0.2) is 0 Å². The van der Waals surface area contributed by atoms with Gasteiger partial charge in [-0.05, 0) is 43.2 Å². The van der Waals surface area contributed by atoms with Crippen molar-refractivity contribution in [1.29, 1.82) is 0 Å². The highest BCUT2D eigenvalue weighted by Gasteiger charge is 2.27. The Labute approximate surface area is 127 Å². The Hall–Kier alpha value is -1.35. The van der Waals surface area contributed by atoms with E-state index in [0.29, 0.717) is 12.0 Å². The predicted molar refractivity (Wildman–Crippen MR) is 85.0 cm³/mol. The molecule has 2 N–H and O–H groups in total. The molecule has 1 aromatic rings. The topological polar surface area (TPSA) is 41.1 Å². The van der Waals surface area contributed by atoms with Gasteiger partial charge in [0.2, 0.25) is 5.91 Å². The third-order valence-electron chi connectivity index (χ3n) is 5.12. The monoisotopic (exact) mass is 286 g/mol. The highest BCUT2D eigenvalue weighted by Crippen LogP contribution is 2.26. The van der Waals surface area contributed by atoms with Crippen LogP contribution in [0.25, 0.3) is 0 Å². The third-order valence-corrected chi connectivity index (χ3v) is 5.12. The Bertz CT molecular complexity index is 494. The number of carbonyl (C=O) groups is 1. The zero-order valence-electron chi connectivity index (χ0n) is 12.9. The van der Waals surface area contributed by atoms with Crippen LogP contribution < -0.4 is 10.6 Å². The SMILES string of the molecule is C[C@@H](NC(=O)C1Cc2ccccc2CN1)C1CCCCC1. The Balaban J connectivity index is 1.56. The summed E-state index contributed by atoms with van der Waals surface area (Å²) < 4.78 is 0. The molecule has 0 saturated heterocycles. The largest absolute Gasteiger partial charge is 0.352 e. The van der Waals surface area contributed by atoms with Gasteiger partial charge in [0.25, 0.3) is 0 Å². The molecule has 3 nitrogen and oxygen atoms in total. The van der Waals surface area contributed by atoms with Gasteiger partial charge in [0.05, 0.1) is 6.04 Å². The lowest BCUT2D eigenvalue weighted by Gasteiger charge is -2.31. The first-order valence-electron chi connectivity index (χ1n) is 8.34. The van der Waals surface area contributed by atoms with Crippen LogP contribution in [0.3, 0.4) is 0 Å². The van der Waals surface area contributed by atoms with Crippen LogP contribution in [0.4, 0.5) is 0 Å². The molecule has 0 bridgehead atoms. The lowest BCUT2D eigenvalue weighted by atomic mass is 9.84. The lowest BCUT2D eigenvalue weighted by Crippen LogP contribution is -2.51. The van der Waals surface area contributed by atoms with Crippen LogP contribution in [0.1, 0.15) is 50.2 Å². The minimum absolute atomic E-state index is 0.0778. The zero-order valence-corrected chi connectivity index (χ0v) is 12.9. The van der Waals surface area contributed by atoms with Crippen LogP contribution in [0, 0.1) is 5.92 Å². The number of carbonyl (C=O) groups excluding carboxylic acids is 1. The van der Waals surface area contributed by atoms with E-state index in [-0.39, 0.29) is 11.9 Å². The highest BCUT2D eigenvalue weighted by molar-refractivity contribution is 5.82. The van der Waals surface area contributed by atoms with Crippen molar-refractivity contribution in [2.45, 2.75) is 64.1 Å². The first kappa shape index (κ1) is 14.6. The van der Waals surface area contributed by atoms with Gasteiger partial charge < -0.3 is 10.6 Å². The zero-order chi connectivity index (χ0) is 14.7. The number of amides is 1. The molecule has 1 amide bonds. The quantitative estimate of drug-likeness (QED) is 0.897. The molecule has 0 aromatic heterocycles. The number of nitrogens with one attached hydrogen (secondary N) is 2. The second-order valence-corrected chi connectivity index (χ2v) is 6.60. The molecule has 0 spiro atoms. The Morgan fingerprint density at radius 1 is 1.19 bits per heavy atom.